The maximum Gasteiger partial charge on any atom is 0.416 e. The SMILES string of the molecule is NCCCN1CCN(Cc2cccc(C(F)(F)F)c2)CC1. The number of halogens is 3. The lowest BCUT2D eigenvalue weighted by Crippen LogP contribution is -2.46. The van der Waals surface area contributed by atoms with Crippen molar-refractivity contribution in [3.05, 3.63) is 35.4 Å². The van der Waals surface area contributed by atoms with Gasteiger partial charge in [0, 0.05) is 32.7 Å². The summed E-state index contributed by atoms with van der Waals surface area (Å²) in [4.78, 5) is 4.56. The maximum atomic E-state index is 12.7. The molecule has 1 aliphatic rings. The molecular formula is C15H22F3N3. The third-order valence-electron chi connectivity index (χ3n) is 3.80. The van der Waals surface area contributed by atoms with Gasteiger partial charge in [-0.2, -0.15) is 13.2 Å². The molecule has 0 saturated carbocycles. The van der Waals surface area contributed by atoms with Gasteiger partial charge in [0.2, 0.25) is 0 Å². The molecule has 2 N–H and O–H groups in total. The van der Waals surface area contributed by atoms with Crippen molar-refractivity contribution >= 4 is 0 Å². The van der Waals surface area contributed by atoms with Crippen molar-refractivity contribution in [2.24, 2.45) is 5.73 Å². The normalized spacial score (nSPS) is 18.1. The summed E-state index contributed by atoms with van der Waals surface area (Å²) in [5.74, 6) is 0. The summed E-state index contributed by atoms with van der Waals surface area (Å²) in [6, 6.07) is 5.61. The number of hydrogen-bond acceptors (Lipinski definition) is 3. The van der Waals surface area contributed by atoms with Crippen molar-refractivity contribution in [1.82, 2.24) is 9.80 Å². The predicted octanol–water partition coefficient (Wildman–Crippen LogP) is 2.17. The number of nitrogens with two attached hydrogens (primary N) is 1. The monoisotopic (exact) mass is 301 g/mol. The zero-order valence-corrected chi connectivity index (χ0v) is 12.1. The van der Waals surface area contributed by atoms with Crippen LogP contribution in [0, 0.1) is 0 Å². The average Bonchev–Trinajstić information content (AvgIpc) is 2.46. The minimum atomic E-state index is -4.27. The van der Waals surface area contributed by atoms with Crippen LogP contribution >= 0.6 is 0 Å². The first-order valence-electron chi connectivity index (χ1n) is 7.30. The molecule has 0 bridgehead atoms. The van der Waals surface area contributed by atoms with E-state index in [0.29, 0.717) is 13.1 Å². The lowest BCUT2D eigenvalue weighted by Gasteiger charge is -2.34. The lowest BCUT2D eigenvalue weighted by atomic mass is 10.1. The van der Waals surface area contributed by atoms with Crippen molar-refractivity contribution in [2.75, 3.05) is 39.3 Å². The molecule has 0 atom stereocenters. The van der Waals surface area contributed by atoms with E-state index in [-0.39, 0.29) is 0 Å². The zero-order valence-electron chi connectivity index (χ0n) is 12.1. The number of benzene rings is 1. The Balaban J connectivity index is 1.86. The summed E-state index contributed by atoms with van der Waals surface area (Å²) in [6.45, 7) is 5.98. The van der Waals surface area contributed by atoms with E-state index in [9.17, 15) is 13.2 Å². The molecule has 0 spiro atoms. The molecule has 1 aliphatic heterocycles. The summed E-state index contributed by atoms with van der Waals surface area (Å²) in [5, 5.41) is 0. The lowest BCUT2D eigenvalue weighted by molar-refractivity contribution is -0.137. The Labute approximate surface area is 123 Å². The minimum absolute atomic E-state index is 0.568. The van der Waals surface area contributed by atoms with E-state index in [4.69, 9.17) is 5.73 Å². The van der Waals surface area contributed by atoms with Gasteiger partial charge in [0.25, 0.3) is 0 Å². The Morgan fingerprint density at radius 3 is 2.33 bits per heavy atom. The molecule has 3 nitrogen and oxygen atoms in total. The second-order valence-corrected chi connectivity index (χ2v) is 5.46. The van der Waals surface area contributed by atoms with E-state index in [1.54, 1.807) is 6.07 Å². The van der Waals surface area contributed by atoms with Gasteiger partial charge in [0.1, 0.15) is 0 Å². The van der Waals surface area contributed by atoms with Crippen molar-refractivity contribution in [3.8, 4) is 0 Å². The van der Waals surface area contributed by atoms with Crippen LogP contribution in [0.15, 0.2) is 24.3 Å². The number of rotatable bonds is 5. The van der Waals surface area contributed by atoms with Crippen LogP contribution < -0.4 is 5.73 Å². The quantitative estimate of drug-likeness (QED) is 0.905. The van der Waals surface area contributed by atoms with Gasteiger partial charge in [0.15, 0.2) is 0 Å². The van der Waals surface area contributed by atoms with Gasteiger partial charge in [-0.1, -0.05) is 18.2 Å². The van der Waals surface area contributed by atoms with Crippen LogP contribution in [0.4, 0.5) is 13.2 Å². The fourth-order valence-electron chi connectivity index (χ4n) is 2.59. The van der Waals surface area contributed by atoms with Crippen LogP contribution in [-0.4, -0.2) is 49.1 Å². The smallest absolute Gasteiger partial charge is 0.330 e. The number of piperazine rings is 1. The second kappa shape index (κ2) is 7.24. The fraction of sp³-hybridized carbons (Fsp3) is 0.600. The zero-order chi connectivity index (χ0) is 15.3. The number of alkyl halides is 3. The molecule has 2 rings (SSSR count). The Hall–Kier alpha value is -1.11. The van der Waals surface area contributed by atoms with Crippen LogP contribution in [0.1, 0.15) is 17.5 Å². The minimum Gasteiger partial charge on any atom is -0.330 e. The highest BCUT2D eigenvalue weighted by molar-refractivity contribution is 5.25. The summed E-state index contributed by atoms with van der Waals surface area (Å²) in [7, 11) is 0. The molecule has 21 heavy (non-hydrogen) atoms. The van der Waals surface area contributed by atoms with E-state index < -0.39 is 11.7 Å². The molecule has 0 amide bonds. The maximum absolute atomic E-state index is 12.7. The van der Waals surface area contributed by atoms with Gasteiger partial charge in [-0.25, -0.2) is 0 Å². The van der Waals surface area contributed by atoms with Crippen LogP contribution in [0.25, 0.3) is 0 Å². The van der Waals surface area contributed by atoms with Crippen LogP contribution in [-0.2, 0) is 12.7 Å². The van der Waals surface area contributed by atoms with Crippen LogP contribution in [0.5, 0.6) is 0 Å². The third-order valence-corrected chi connectivity index (χ3v) is 3.80. The van der Waals surface area contributed by atoms with Crippen LogP contribution in [0.3, 0.4) is 0 Å². The van der Waals surface area contributed by atoms with Crippen molar-refractivity contribution in [3.63, 3.8) is 0 Å². The van der Waals surface area contributed by atoms with Gasteiger partial charge in [-0.15, -0.1) is 0 Å². The van der Waals surface area contributed by atoms with Gasteiger partial charge in [-0.3, -0.25) is 4.90 Å². The highest BCUT2D eigenvalue weighted by Crippen LogP contribution is 2.29. The molecule has 1 aromatic rings. The van der Waals surface area contributed by atoms with E-state index in [0.717, 1.165) is 50.8 Å². The van der Waals surface area contributed by atoms with Gasteiger partial charge >= 0.3 is 6.18 Å². The second-order valence-electron chi connectivity index (χ2n) is 5.46. The van der Waals surface area contributed by atoms with Crippen molar-refractivity contribution < 1.29 is 13.2 Å². The van der Waals surface area contributed by atoms with Crippen LogP contribution in [0.2, 0.25) is 0 Å². The summed E-state index contributed by atoms with van der Waals surface area (Å²) in [6.07, 6.45) is -3.27. The molecule has 1 fully saturated rings. The highest BCUT2D eigenvalue weighted by atomic mass is 19.4. The molecule has 6 heteroatoms. The fourth-order valence-corrected chi connectivity index (χ4v) is 2.59. The molecule has 118 valence electrons. The van der Waals surface area contributed by atoms with E-state index in [2.05, 4.69) is 9.80 Å². The summed E-state index contributed by atoms with van der Waals surface area (Å²) >= 11 is 0. The summed E-state index contributed by atoms with van der Waals surface area (Å²) in [5.41, 5.74) is 5.65. The van der Waals surface area contributed by atoms with Crippen molar-refractivity contribution in [2.45, 2.75) is 19.1 Å². The average molecular weight is 301 g/mol. The Bertz CT molecular complexity index is 440. The topological polar surface area (TPSA) is 32.5 Å². The highest BCUT2D eigenvalue weighted by Gasteiger charge is 2.30. The third kappa shape index (κ3) is 4.98. The standard InChI is InChI=1S/C15H22F3N3/c16-15(17,18)14-4-1-3-13(11-14)12-21-9-7-20(8-10-21)6-2-5-19/h1,3-4,11H,2,5-10,12,19H2. The molecule has 0 radical (unpaired) electrons. The molecule has 0 aliphatic carbocycles. The molecule has 0 aromatic heterocycles. The first-order valence-corrected chi connectivity index (χ1v) is 7.30. The molecule has 0 unspecified atom stereocenters. The molecule has 1 aromatic carbocycles. The molecule has 1 saturated heterocycles. The van der Waals surface area contributed by atoms with E-state index in [1.165, 1.54) is 12.1 Å². The first kappa shape index (κ1) is 16.3. The number of hydrogen-bond donors (Lipinski definition) is 1. The van der Waals surface area contributed by atoms with Gasteiger partial charge < -0.3 is 10.6 Å². The molecular weight excluding hydrogens is 279 g/mol. The Morgan fingerprint density at radius 2 is 1.71 bits per heavy atom. The number of nitrogens with zero attached hydrogens (tertiary/aromatic N) is 2. The van der Waals surface area contributed by atoms with Crippen molar-refractivity contribution in [1.29, 1.82) is 0 Å². The molecule has 1 heterocycles. The van der Waals surface area contributed by atoms with Gasteiger partial charge in [-0.05, 0) is 31.1 Å². The Morgan fingerprint density at radius 1 is 1.05 bits per heavy atom. The largest absolute Gasteiger partial charge is 0.416 e. The van der Waals surface area contributed by atoms with E-state index >= 15 is 0 Å². The predicted molar refractivity (Wildman–Crippen MR) is 76.8 cm³/mol. The summed E-state index contributed by atoms with van der Waals surface area (Å²) < 4.78 is 38.1. The van der Waals surface area contributed by atoms with Gasteiger partial charge in [0.05, 0.1) is 5.56 Å². The Kier molecular flexibility index (Phi) is 5.61. The first-order chi connectivity index (χ1) is 9.99. The van der Waals surface area contributed by atoms with E-state index in [1.807, 2.05) is 0 Å².